The summed E-state index contributed by atoms with van der Waals surface area (Å²) in [6.07, 6.45) is 0.644. The first kappa shape index (κ1) is 23.7. The largest absolute Gasteiger partial charge is 0.481 e. The van der Waals surface area contributed by atoms with Gasteiger partial charge in [-0.1, -0.05) is 52.0 Å². The van der Waals surface area contributed by atoms with Crippen LogP contribution in [0.5, 0.6) is 0 Å². The van der Waals surface area contributed by atoms with Crippen LogP contribution in [0.3, 0.4) is 0 Å². The lowest BCUT2D eigenvalue weighted by Crippen LogP contribution is -2.19. The molecule has 5 nitrogen and oxygen atoms in total. The second kappa shape index (κ2) is 10.5. The van der Waals surface area contributed by atoms with Gasteiger partial charge >= 0.3 is 5.97 Å². The third-order valence-electron chi connectivity index (χ3n) is 4.81. The molecule has 2 atom stereocenters. The number of aliphatic hydroxyl groups excluding tert-OH is 2. The molecule has 0 aliphatic carbocycles. The summed E-state index contributed by atoms with van der Waals surface area (Å²) in [5, 5.41) is 28.8. The maximum Gasteiger partial charge on any atom is 0.305 e. The fraction of sp³-hybridized carbons (Fsp3) is 0.417. The van der Waals surface area contributed by atoms with Crippen molar-refractivity contribution in [1.82, 2.24) is 4.98 Å². The number of hydrogen-bond acceptors (Lipinski definition) is 4. The van der Waals surface area contributed by atoms with Gasteiger partial charge in [0.25, 0.3) is 0 Å². The van der Waals surface area contributed by atoms with Crippen LogP contribution in [-0.4, -0.2) is 38.5 Å². The van der Waals surface area contributed by atoms with Crippen LogP contribution in [0, 0.1) is 5.82 Å². The van der Waals surface area contributed by atoms with Crippen molar-refractivity contribution in [2.75, 3.05) is 0 Å². The summed E-state index contributed by atoms with van der Waals surface area (Å²) in [5.74, 6) is -1.12. The van der Waals surface area contributed by atoms with Gasteiger partial charge in [0.2, 0.25) is 0 Å². The molecule has 0 aliphatic rings. The molecule has 0 spiro atoms. The fourth-order valence-electron chi connectivity index (χ4n) is 3.22. The van der Waals surface area contributed by atoms with Gasteiger partial charge in [-0.05, 0) is 41.2 Å². The van der Waals surface area contributed by atoms with Gasteiger partial charge in [-0.25, -0.2) is 4.39 Å². The van der Waals surface area contributed by atoms with E-state index >= 15 is 0 Å². The molecule has 0 saturated carbocycles. The van der Waals surface area contributed by atoms with Gasteiger partial charge in [-0.15, -0.1) is 0 Å². The molecule has 0 aliphatic heterocycles. The lowest BCUT2D eigenvalue weighted by atomic mass is 9.91. The van der Waals surface area contributed by atoms with Crippen molar-refractivity contribution in [3.05, 3.63) is 59.2 Å². The number of halogens is 1. The minimum Gasteiger partial charge on any atom is -0.481 e. The zero-order valence-electron chi connectivity index (χ0n) is 17.8. The second-order valence-electron chi connectivity index (χ2n) is 8.12. The first-order chi connectivity index (χ1) is 14.1. The van der Waals surface area contributed by atoms with Gasteiger partial charge < -0.3 is 15.3 Å². The van der Waals surface area contributed by atoms with Crippen LogP contribution in [0.2, 0.25) is 0 Å². The first-order valence-electron chi connectivity index (χ1n) is 10.1. The Morgan fingerprint density at radius 2 is 1.73 bits per heavy atom. The number of aromatic nitrogens is 1. The summed E-state index contributed by atoms with van der Waals surface area (Å²) in [5.41, 5.74) is 4.31. The molecule has 162 valence electrons. The molecule has 1 heterocycles. The Bertz CT molecular complexity index is 891. The summed E-state index contributed by atoms with van der Waals surface area (Å²) in [6, 6.07) is 8.22. The Balaban J connectivity index is 2.49. The van der Waals surface area contributed by atoms with Crippen LogP contribution >= 0.6 is 0 Å². The Labute approximate surface area is 176 Å². The van der Waals surface area contributed by atoms with Gasteiger partial charge in [-0.3, -0.25) is 9.78 Å². The standard InChI is InChI=1S/C24H30FNO4/c1-14(2)22-13-21(16-5-7-17(25)8-6-16)20(24(26-22)15(3)4)10-9-18(27)11-19(28)12-23(29)30/h5-10,13-15,18-19,27-28H,11-12H2,1-4H3,(H,29,30)/t18-,19?/m1/s1. The topological polar surface area (TPSA) is 90.7 Å². The third kappa shape index (κ3) is 6.47. The number of carboxylic acids is 1. The molecule has 1 aromatic carbocycles. The molecule has 2 rings (SSSR count). The number of nitrogens with zero attached hydrogens (tertiary/aromatic N) is 1. The second-order valence-corrected chi connectivity index (χ2v) is 8.12. The minimum absolute atomic E-state index is 0.0802. The quantitative estimate of drug-likeness (QED) is 0.551. The van der Waals surface area contributed by atoms with Gasteiger partial charge in [0.15, 0.2) is 0 Å². The highest BCUT2D eigenvalue weighted by Gasteiger charge is 2.18. The van der Waals surface area contributed by atoms with Crippen LogP contribution in [-0.2, 0) is 4.79 Å². The third-order valence-corrected chi connectivity index (χ3v) is 4.81. The average molecular weight is 416 g/mol. The number of carbonyl (C=O) groups is 1. The number of benzene rings is 1. The molecule has 0 fully saturated rings. The van der Waals surface area contributed by atoms with Crippen LogP contribution in [0.4, 0.5) is 4.39 Å². The number of carboxylic acid groups (broad SMARTS) is 1. The number of pyridine rings is 1. The molecule has 0 bridgehead atoms. The van der Waals surface area contributed by atoms with Crippen LogP contribution in [0.1, 0.15) is 69.3 Å². The van der Waals surface area contributed by atoms with E-state index in [9.17, 15) is 19.4 Å². The van der Waals surface area contributed by atoms with E-state index in [1.165, 1.54) is 18.2 Å². The number of aliphatic carboxylic acids is 1. The van der Waals surface area contributed by atoms with Crippen molar-refractivity contribution in [2.45, 2.75) is 64.6 Å². The lowest BCUT2D eigenvalue weighted by molar-refractivity contribution is -0.139. The maximum absolute atomic E-state index is 13.5. The van der Waals surface area contributed by atoms with Crippen LogP contribution in [0.15, 0.2) is 36.4 Å². The van der Waals surface area contributed by atoms with E-state index in [4.69, 9.17) is 10.1 Å². The Hall–Kier alpha value is -2.57. The number of hydrogen-bond donors (Lipinski definition) is 3. The highest BCUT2D eigenvalue weighted by atomic mass is 19.1. The summed E-state index contributed by atoms with van der Waals surface area (Å²) in [7, 11) is 0. The van der Waals surface area contributed by atoms with E-state index < -0.39 is 24.6 Å². The highest BCUT2D eigenvalue weighted by molar-refractivity contribution is 5.77. The van der Waals surface area contributed by atoms with Gasteiger partial charge in [-0.2, -0.15) is 0 Å². The monoisotopic (exact) mass is 415 g/mol. The van der Waals surface area contributed by atoms with Crippen LogP contribution in [0.25, 0.3) is 17.2 Å². The SMILES string of the molecule is CC(C)c1cc(-c2ccc(F)cc2)c(C=C[C@@H](O)CC(O)CC(=O)O)c(C(C)C)n1. The molecular formula is C24H30FNO4. The van der Waals surface area contributed by atoms with Crippen molar-refractivity contribution >= 4 is 12.0 Å². The van der Waals surface area contributed by atoms with E-state index in [-0.39, 0.29) is 24.1 Å². The van der Waals surface area contributed by atoms with E-state index in [1.54, 1.807) is 18.2 Å². The van der Waals surface area contributed by atoms with E-state index in [1.807, 2.05) is 19.9 Å². The van der Waals surface area contributed by atoms with Crippen molar-refractivity contribution in [1.29, 1.82) is 0 Å². The Morgan fingerprint density at radius 3 is 2.27 bits per heavy atom. The first-order valence-corrected chi connectivity index (χ1v) is 10.1. The summed E-state index contributed by atoms with van der Waals surface area (Å²) in [6.45, 7) is 8.19. The normalized spacial score (nSPS) is 13.9. The fourth-order valence-corrected chi connectivity index (χ4v) is 3.22. The molecule has 0 amide bonds. The molecule has 1 unspecified atom stereocenters. The van der Waals surface area contributed by atoms with E-state index in [0.29, 0.717) is 0 Å². The van der Waals surface area contributed by atoms with Gasteiger partial charge in [0, 0.05) is 17.7 Å². The summed E-state index contributed by atoms with van der Waals surface area (Å²) in [4.78, 5) is 15.5. The van der Waals surface area contributed by atoms with Crippen molar-refractivity contribution in [3.63, 3.8) is 0 Å². The zero-order valence-corrected chi connectivity index (χ0v) is 17.8. The highest BCUT2D eigenvalue weighted by Crippen LogP contribution is 2.33. The molecule has 6 heteroatoms. The van der Waals surface area contributed by atoms with Crippen molar-refractivity contribution in [3.8, 4) is 11.1 Å². The average Bonchev–Trinajstić information content (AvgIpc) is 2.65. The summed E-state index contributed by atoms with van der Waals surface area (Å²) < 4.78 is 13.5. The molecule has 0 radical (unpaired) electrons. The van der Waals surface area contributed by atoms with Gasteiger partial charge in [0.1, 0.15) is 5.82 Å². The Morgan fingerprint density at radius 1 is 1.10 bits per heavy atom. The van der Waals surface area contributed by atoms with E-state index in [2.05, 4.69) is 13.8 Å². The van der Waals surface area contributed by atoms with Crippen LogP contribution < -0.4 is 0 Å². The number of aliphatic hydroxyl groups is 2. The smallest absolute Gasteiger partial charge is 0.305 e. The minimum atomic E-state index is -1.13. The van der Waals surface area contributed by atoms with Crippen molar-refractivity contribution < 1.29 is 24.5 Å². The molecule has 1 aromatic heterocycles. The zero-order chi connectivity index (χ0) is 22.4. The predicted molar refractivity (Wildman–Crippen MR) is 116 cm³/mol. The van der Waals surface area contributed by atoms with Crippen molar-refractivity contribution in [2.24, 2.45) is 0 Å². The molecule has 30 heavy (non-hydrogen) atoms. The summed E-state index contributed by atoms with van der Waals surface area (Å²) >= 11 is 0. The molecule has 2 aromatic rings. The van der Waals surface area contributed by atoms with Gasteiger partial charge in [0.05, 0.1) is 24.3 Å². The number of rotatable bonds is 9. The van der Waals surface area contributed by atoms with E-state index in [0.717, 1.165) is 28.1 Å². The lowest BCUT2D eigenvalue weighted by Gasteiger charge is -2.19. The Kier molecular flexibility index (Phi) is 8.26. The molecule has 0 saturated heterocycles. The predicted octanol–water partition coefficient (Wildman–Crippen LogP) is 4.73. The molecular weight excluding hydrogens is 385 g/mol. The molecule has 3 N–H and O–H groups in total. The maximum atomic E-state index is 13.5.